The molecule has 13 heteroatoms. The molecule has 0 spiro atoms. The van der Waals surface area contributed by atoms with Gasteiger partial charge in [0.1, 0.15) is 0 Å². The number of aryl methyl sites for hydroxylation is 1. The van der Waals surface area contributed by atoms with E-state index in [-0.39, 0.29) is 0 Å². The van der Waals surface area contributed by atoms with Crippen molar-refractivity contribution in [3.8, 4) is 0 Å². The van der Waals surface area contributed by atoms with Crippen molar-refractivity contribution in [1.29, 1.82) is 0 Å². The Bertz CT molecular complexity index is 677. The molecule has 186 valence electrons. The number of halogens is 6. The zero-order valence-corrected chi connectivity index (χ0v) is 18.8. The summed E-state index contributed by atoms with van der Waals surface area (Å²) in [5, 5.41) is 16.5. The summed E-state index contributed by atoms with van der Waals surface area (Å²) >= 11 is 1.89. The lowest BCUT2D eigenvalue weighted by Gasteiger charge is -2.30. The molecule has 2 heterocycles. The Labute approximate surface area is 186 Å². The lowest BCUT2D eigenvalue weighted by Crippen LogP contribution is -2.31. The van der Waals surface area contributed by atoms with E-state index in [0.717, 1.165) is 12.5 Å². The molecule has 1 aliphatic rings. The van der Waals surface area contributed by atoms with Gasteiger partial charge in [-0.05, 0) is 82.8 Å². The normalized spacial score (nSPS) is 15.4. The standard InChI is InChI=1S/C15H26N2S.2C2HF3O2/c1-13-7-11-18-15(13)12-17(3)10-6-14-4-8-16(2)9-5-14;2*3-2(4,5)1(6)7/h7,11,14H,4-6,8-10,12H2,1-3H3;2*(H,6,7). The van der Waals surface area contributed by atoms with Crippen LogP contribution in [0.5, 0.6) is 0 Å². The molecule has 2 N–H and O–H groups in total. The van der Waals surface area contributed by atoms with Crippen LogP contribution in [0, 0.1) is 12.8 Å². The molecule has 0 aliphatic carbocycles. The number of thiophene rings is 1. The SMILES string of the molecule is Cc1ccsc1CN(C)CCC1CCN(C)CC1.O=C(O)C(F)(F)F.O=C(O)C(F)(F)F. The van der Waals surface area contributed by atoms with E-state index in [9.17, 15) is 26.3 Å². The van der Waals surface area contributed by atoms with E-state index >= 15 is 0 Å². The van der Waals surface area contributed by atoms with Crippen molar-refractivity contribution >= 4 is 23.3 Å². The number of hydrogen-bond donors (Lipinski definition) is 2. The molecular weight excluding hydrogens is 466 g/mol. The molecule has 6 nitrogen and oxygen atoms in total. The van der Waals surface area contributed by atoms with Crippen LogP contribution in [-0.4, -0.2) is 78.0 Å². The third-order valence-electron chi connectivity index (χ3n) is 4.62. The maximum atomic E-state index is 10.6. The van der Waals surface area contributed by atoms with E-state index in [1.54, 1.807) is 0 Å². The minimum Gasteiger partial charge on any atom is -0.475 e. The molecule has 0 saturated carbocycles. The average Bonchev–Trinajstić information content (AvgIpc) is 3.05. The van der Waals surface area contributed by atoms with E-state index in [2.05, 4.69) is 42.3 Å². The topological polar surface area (TPSA) is 81.1 Å². The van der Waals surface area contributed by atoms with E-state index in [1.807, 2.05) is 11.3 Å². The fourth-order valence-electron chi connectivity index (χ4n) is 2.64. The Morgan fingerprint density at radius 3 is 1.88 bits per heavy atom. The summed E-state index contributed by atoms with van der Waals surface area (Å²) in [6.07, 6.45) is -6.01. The first-order chi connectivity index (χ1) is 14.5. The molecule has 0 amide bonds. The first-order valence-corrected chi connectivity index (χ1v) is 10.4. The van der Waals surface area contributed by atoms with E-state index in [1.165, 1.54) is 49.3 Å². The van der Waals surface area contributed by atoms with Gasteiger partial charge in [0, 0.05) is 11.4 Å². The maximum absolute atomic E-state index is 10.6. The third kappa shape index (κ3) is 13.5. The maximum Gasteiger partial charge on any atom is 0.490 e. The van der Waals surface area contributed by atoms with E-state index < -0.39 is 24.3 Å². The lowest BCUT2D eigenvalue weighted by molar-refractivity contribution is -0.193. The first kappa shape index (κ1) is 30.1. The van der Waals surface area contributed by atoms with Crippen LogP contribution < -0.4 is 0 Å². The minimum absolute atomic E-state index is 0.952. The van der Waals surface area contributed by atoms with E-state index in [4.69, 9.17) is 19.8 Å². The Balaban J connectivity index is 0.000000570. The molecule has 1 aromatic heterocycles. The summed E-state index contributed by atoms with van der Waals surface area (Å²) < 4.78 is 63.5. The average molecular weight is 494 g/mol. The van der Waals surface area contributed by atoms with Crippen molar-refractivity contribution < 1.29 is 46.1 Å². The van der Waals surface area contributed by atoms with Gasteiger partial charge in [-0.2, -0.15) is 26.3 Å². The number of likely N-dealkylation sites (tertiary alicyclic amines) is 1. The highest BCUT2D eigenvalue weighted by molar-refractivity contribution is 7.10. The van der Waals surface area contributed by atoms with Crippen molar-refractivity contribution in [1.82, 2.24) is 9.80 Å². The van der Waals surface area contributed by atoms with Gasteiger partial charge in [-0.1, -0.05) is 0 Å². The number of aliphatic carboxylic acids is 2. The van der Waals surface area contributed by atoms with Crippen LogP contribution in [0.2, 0.25) is 0 Å². The van der Waals surface area contributed by atoms with Gasteiger partial charge in [0.15, 0.2) is 0 Å². The Morgan fingerprint density at radius 2 is 1.53 bits per heavy atom. The van der Waals surface area contributed by atoms with Crippen molar-refractivity contribution in [3.63, 3.8) is 0 Å². The number of hydrogen-bond acceptors (Lipinski definition) is 5. The number of carboxylic acid groups (broad SMARTS) is 2. The minimum atomic E-state index is -5.08. The monoisotopic (exact) mass is 494 g/mol. The molecule has 32 heavy (non-hydrogen) atoms. The summed E-state index contributed by atoms with van der Waals surface area (Å²) in [6.45, 7) is 7.16. The predicted octanol–water partition coefficient (Wildman–Crippen LogP) is 4.49. The summed E-state index contributed by atoms with van der Waals surface area (Å²) in [5.41, 5.74) is 1.45. The summed E-state index contributed by atoms with van der Waals surface area (Å²) in [4.78, 5) is 24.3. The third-order valence-corrected chi connectivity index (χ3v) is 5.63. The Hall–Kier alpha value is -1.86. The highest BCUT2D eigenvalue weighted by Crippen LogP contribution is 2.21. The highest BCUT2D eigenvalue weighted by Gasteiger charge is 2.38. The fourth-order valence-corrected chi connectivity index (χ4v) is 3.63. The van der Waals surface area contributed by atoms with Crippen LogP contribution >= 0.6 is 11.3 Å². The largest absolute Gasteiger partial charge is 0.490 e. The summed E-state index contributed by atoms with van der Waals surface area (Å²) in [5.74, 6) is -4.56. The number of nitrogens with zero attached hydrogens (tertiary/aromatic N) is 2. The van der Waals surface area contributed by atoms with Gasteiger partial charge in [-0.25, -0.2) is 9.59 Å². The molecule has 0 bridgehead atoms. The molecule has 0 unspecified atom stereocenters. The molecule has 1 saturated heterocycles. The van der Waals surface area contributed by atoms with Gasteiger partial charge in [0.2, 0.25) is 0 Å². The van der Waals surface area contributed by atoms with Crippen molar-refractivity contribution in [3.05, 3.63) is 21.9 Å². The number of carboxylic acids is 2. The van der Waals surface area contributed by atoms with E-state index in [0.29, 0.717) is 0 Å². The van der Waals surface area contributed by atoms with Crippen LogP contribution in [0.3, 0.4) is 0 Å². The van der Waals surface area contributed by atoms with Crippen LogP contribution in [0.25, 0.3) is 0 Å². The van der Waals surface area contributed by atoms with Crippen LogP contribution in [0.15, 0.2) is 11.4 Å². The zero-order valence-electron chi connectivity index (χ0n) is 18.0. The molecule has 0 atom stereocenters. The molecule has 1 aromatic rings. The Morgan fingerprint density at radius 1 is 1.09 bits per heavy atom. The number of rotatable bonds is 5. The molecule has 1 fully saturated rings. The number of alkyl halides is 6. The fraction of sp³-hybridized carbons (Fsp3) is 0.684. The first-order valence-electron chi connectivity index (χ1n) is 9.54. The van der Waals surface area contributed by atoms with Gasteiger partial charge in [-0.15, -0.1) is 11.3 Å². The molecule has 2 rings (SSSR count). The van der Waals surface area contributed by atoms with Crippen LogP contribution in [0.1, 0.15) is 29.7 Å². The quantitative estimate of drug-likeness (QED) is 0.588. The molecule has 0 radical (unpaired) electrons. The van der Waals surface area contributed by atoms with Gasteiger partial charge in [0.25, 0.3) is 0 Å². The van der Waals surface area contributed by atoms with Gasteiger partial charge in [-0.3, -0.25) is 0 Å². The van der Waals surface area contributed by atoms with Crippen molar-refractivity contribution in [2.24, 2.45) is 5.92 Å². The molecular formula is C19H28F6N2O4S. The second kappa shape index (κ2) is 13.6. The van der Waals surface area contributed by atoms with Gasteiger partial charge in [0.05, 0.1) is 0 Å². The summed E-state index contributed by atoms with van der Waals surface area (Å²) in [7, 11) is 4.50. The second-order valence-corrected chi connectivity index (χ2v) is 8.41. The zero-order chi connectivity index (χ0) is 25.1. The Kier molecular flexibility index (Phi) is 12.8. The second-order valence-electron chi connectivity index (χ2n) is 7.41. The lowest BCUT2D eigenvalue weighted by atomic mass is 9.94. The molecule has 1 aliphatic heterocycles. The van der Waals surface area contributed by atoms with Crippen LogP contribution in [-0.2, 0) is 16.1 Å². The summed E-state index contributed by atoms with van der Waals surface area (Å²) in [6, 6.07) is 2.23. The smallest absolute Gasteiger partial charge is 0.475 e. The predicted molar refractivity (Wildman–Crippen MR) is 108 cm³/mol. The van der Waals surface area contributed by atoms with Crippen LogP contribution in [0.4, 0.5) is 26.3 Å². The van der Waals surface area contributed by atoms with Gasteiger partial charge < -0.3 is 20.0 Å². The van der Waals surface area contributed by atoms with Gasteiger partial charge >= 0.3 is 24.3 Å². The van der Waals surface area contributed by atoms with Crippen molar-refractivity contribution in [2.45, 2.75) is 45.1 Å². The van der Waals surface area contributed by atoms with Crippen molar-refractivity contribution in [2.75, 3.05) is 33.7 Å². The highest BCUT2D eigenvalue weighted by atomic mass is 32.1. The number of piperidine rings is 1. The number of carbonyl (C=O) groups is 2. The molecule has 0 aromatic carbocycles.